The number of halogens is 5. The summed E-state index contributed by atoms with van der Waals surface area (Å²) in [5.74, 6) is -1.78. The number of alkyl halides is 3. The van der Waals surface area contributed by atoms with Crippen LogP contribution in [0.3, 0.4) is 0 Å². The molecule has 0 atom stereocenters. The second-order valence-electron chi connectivity index (χ2n) is 7.43. The van der Waals surface area contributed by atoms with Crippen molar-refractivity contribution < 1.29 is 22.0 Å². The highest BCUT2D eigenvalue weighted by Crippen LogP contribution is 2.36. The van der Waals surface area contributed by atoms with E-state index in [4.69, 9.17) is 0 Å². The van der Waals surface area contributed by atoms with Crippen LogP contribution in [0, 0.1) is 23.5 Å². The largest absolute Gasteiger partial charge is 0.422 e. The molecule has 0 N–H and O–H groups in total. The molecule has 0 amide bonds. The number of rotatable bonds is 8. The van der Waals surface area contributed by atoms with Crippen molar-refractivity contribution in [2.24, 2.45) is 11.8 Å². The fourth-order valence-electron chi connectivity index (χ4n) is 3.94. The Bertz CT molecular complexity index is 560. The minimum atomic E-state index is -5.00. The summed E-state index contributed by atoms with van der Waals surface area (Å²) in [4.78, 5) is 0. The molecule has 146 valence electrons. The summed E-state index contributed by atoms with van der Waals surface area (Å²) in [6, 6.07) is 1.66. The van der Waals surface area contributed by atoms with E-state index >= 15 is 0 Å². The molecule has 0 aliphatic heterocycles. The van der Waals surface area contributed by atoms with Crippen LogP contribution in [0.15, 0.2) is 24.8 Å². The van der Waals surface area contributed by atoms with Crippen LogP contribution < -0.4 is 0 Å². The number of hydrogen-bond acceptors (Lipinski definition) is 0. The Kier molecular flexibility index (Phi) is 7.66. The first-order valence-electron chi connectivity index (χ1n) is 9.47. The van der Waals surface area contributed by atoms with E-state index in [1.807, 2.05) is 6.08 Å². The summed E-state index contributed by atoms with van der Waals surface area (Å²) < 4.78 is 65.1. The maximum Gasteiger partial charge on any atom is 0.422 e. The van der Waals surface area contributed by atoms with Gasteiger partial charge in [0, 0.05) is 0 Å². The third-order valence-corrected chi connectivity index (χ3v) is 5.46. The third-order valence-electron chi connectivity index (χ3n) is 5.46. The lowest BCUT2D eigenvalue weighted by atomic mass is 9.77. The minimum Gasteiger partial charge on any atom is -0.206 e. The van der Waals surface area contributed by atoms with E-state index in [2.05, 4.69) is 6.58 Å². The quantitative estimate of drug-likeness (QED) is 0.251. The average molecular weight is 374 g/mol. The molecule has 1 aliphatic rings. The molecule has 1 saturated carbocycles. The summed E-state index contributed by atoms with van der Waals surface area (Å²) in [5.41, 5.74) is -1.49. The Morgan fingerprint density at radius 3 is 1.96 bits per heavy atom. The molecule has 0 heterocycles. The Labute approximate surface area is 152 Å². The molecule has 5 heteroatoms. The van der Waals surface area contributed by atoms with Crippen molar-refractivity contribution in [2.75, 3.05) is 0 Å². The molecule has 1 aliphatic carbocycles. The Morgan fingerprint density at radius 2 is 1.46 bits per heavy atom. The van der Waals surface area contributed by atoms with E-state index < -0.39 is 23.4 Å². The number of hydrogen-bond donors (Lipinski definition) is 0. The summed E-state index contributed by atoms with van der Waals surface area (Å²) in [7, 11) is 0. The van der Waals surface area contributed by atoms with E-state index in [9.17, 15) is 22.0 Å². The molecule has 0 unspecified atom stereocenters. The molecule has 0 aromatic heterocycles. The van der Waals surface area contributed by atoms with Gasteiger partial charge in [-0.3, -0.25) is 0 Å². The highest BCUT2D eigenvalue weighted by molar-refractivity contribution is 5.28. The number of allylic oxidation sites excluding steroid dienone is 1. The van der Waals surface area contributed by atoms with Crippen LogP contribution in [0.1, 0.15) is 68.9 Å². The van der Waals surface area contributed by atoms with Crippen LogP contribution in [0.2, 0.25) is 0 Å². The van der Waals surface area contributed by atoms with Gasteiger partial charge in [0.1, 0.15) is 17.2 Å². The molecular formula is C21H27F5. The topological polar surface area (TPSA) is 0 Å². The summed E-state index contributed by atoms with van der Waals surface area (Å²) >= 11 is 0. The molecule has 0 saturated heterocycles. The normalized spacial score (nSPS) is 21.0. The fraction of sp³-hybridized carbons (Fsp3) is 0.619. The van der Waals surface area contributed by atoms with Gasteiger partial charge in [-0.1, -0.05) is 44.6 Å². The van der Waals surface area contributed by atoms with Gasteiger partial charge in [0.15, 0.2) is 0 Å². The SMILES string of the molecule is C=CCCCC[C@H]1CC[C@H](CCc2cc(F)c(C(F)(F)F)c(F)c2)CC1. The van der Waals surface area contributed by atoms with Gasteiger partial charge in [-0.15, -0.1) is 6.58 Å². The Balaban J connectivity index is 1.79. The molecule has 0 spiro atoms. The van der Waals surface area contributed by atoms with Crippen LogP contribution in [-0.4, -0.2) is 0 Å². The van der Waals surface area contributed by atoms with Gasteiger partial charge in [0.2, 0.25) is 0 Å². The lowest BCUT2D eigenvalue weighted by molar-refractivity contribution is -0.142. The lowest BCUT2D eigenvalue weighted by Gasteiger charge is -2.28. The Morgan fingerprint density at radius 1 is 0.923 bits per heavy atom. The Hall–Kier alpha value is -1.39. The van der Waals surface area contributed by atoms with Crippen molar-refractivity contribution in [3.63, 3.8) is 0 Å². The average Bonchev–Trinajstić information content (AvgIpc) is 2.56. The standard InChI is InChI=1S/C21H27F5/c1-2-3-4-5-6-15-7-9-16(10-8-15)11-12-17-13-18(22)20(19(23)14-17)21(24,25)26/h2,13-16H,1,3-12H2/t15-,16-. The van der Waals surface area contributed by atoms with E-state index in [1.165, 1.54) is 32.1 Å². The van der Waals surface area contributed by atoms with Gasteiger partial charge >= 0.3 is 6.18 Å². The lowest BCUT2D eigenvalue weighted by Crippen LogP contribution is -2.16. The highest BCUT2D eigenvalue weighted by atomic mass is 19.4. The van der Waals surface area contributed by atoms with Crippen molar-refractivity contribution in [3.05, 3.63) is 47.5 Å². The van der Waals surface area contributed by atoms with Gasteiger partial charge in [-0.05, 0) is 55.2 Å². The second kappa shape index (κ2) is 9.52. The minimum absolute atomic E-state index is 0.305. The van der Waals surface area contributed by atoms with E-state index in [-0.39, 0.29) is 0 Å². The molecular weight excluding hydrogens is 347 g/mol. The molecule has 1 aromatic rings. The van der Waals surface area contributed by atoms with Crippen LogP contribution in [0.5, 0.6) is 0 Å². The zero-order valence-corrected chi connectivity index (χ0v) is 15.1. The van der Waals surface area contributed by atoms with Crippen molar-refractivity contribution in [2.45, 2.75) is 70.4 Å². The number of unbranched alkanes of at least 4 members (excludes halogenated alkanes) is 2. The summed E-state index contributed by atoms with van der Waals surface area (Å²) in [5, 5.41) is 0. The first-order valence-corrected chi connectivity index (χ1v) is 9.47. The van der Waals surface area contributed by atoms with Crippen molar-refractivity contribution in [3.8, 4) is 0 Å². The van der Waals surface area contributed by atoms with Crippen molar-refractivity contribution in [1.82, 2.24) is 0 Å². The van der Waals surface area contributed by atoms with Crippen LogP contribution in [0.4, 0.5) is 22.0 Å². The van der Waals surface area contributed by atoms with Gasteiger partial charge in [0.25, 0.3) is 0 Å². The van der Waals surface area contributed by atoms with Crippen LogP contribution in [-0.2, 0) is 12.6 Å². The van der Waals surface area contributed by atoms with Gasteiger partial charge in [-0.25, -0.2) is 8.78 Å². The molecule has 1 aromatic carbocycles. The maximum absolute atomic E-state index is 13.6. The molecule has 0 nitrogen and oxygen atoms in total. The first kappa shape index (κ1) is 20.9. The second-order valence-corrected chi connectivity index (χ2v) is 7.43. The van der Waals surface area contributed by atoms with Gasteiger partial charge in [-0.2, -0.15) is 13.2 Å². The molecule has 26 heavy (non-hydrogen) atoms. The summed E-state index contributed by atoms with van der Waals surface area (Å²) in [6.07, 6.45) is 7.40. The number of aryl methyl sites for hydroxylation is 1. The summed E-state index contributed by atoms with van der Waals surface area (Å²) in [6.45, 7) is 3.73. The zero-order chi connectivity index (χ0) is 19.2. The van der Waals surface area contributed by atoms with Crippen LogP contribution in [0.25, 0.3) is 0 Å². The molecule has 0 radical (unpaired) electrons. The van der Waals surface area contributed by atoms with Gasteiger partial charge < -0.3 is 0 Å². The highest BCUT2D eigenvalue weighted by Gasteiger charge is 2.37. The van der Waals surface area contributed by atoms with E-state index in [0.717, 1.165) is 43.7 Å². The van der Waals surface area contributed by atoms with Crippen molar-refractivity contribution >= 4 is 0 Å². The van der Waals surface area contributed by atoms with Gasteiger partial charge in [0.05, 0.1) is 0 Å². The predicted octanol–water partition coefficient (Wildman–Crippen LogP) is 7.47. The molecule has 1 fully saturated rings. The van der Waals surface area contributed by atoms with Crippen LogP contribution >= 0.6 is 0 Å². The van der Waals surface area contributed by atoms with E-state index in [0.29, 0.717) is 17.9 Å². The third kappa shape index (κ3) is 6.10. The van der Waals surface area contributed by atoms with Crippen molar-refractivity contribution in [1.29, 1.82) is 0 Å². The fourth-order valence-corrected chi connectivity index (χ4v) is 3.94. The monoisotopic (exact) mass is 374 g/mol. The molecule has 0 bridgehead atoms. The zero-order valence-electron chi connectivity index (χ0n) is 15.1. The smallest absolute Gasteiger partial charge is 0.206 e. The number of benzene rings is 1. The van der Waals surface area contributed by atoms with E-state index in [1.54, 1.807) is 0 Å². The molecule has 2 rings (SSSR count). The maximum atomic E-state index is 13.6. The first-order chi connectivity index (χ1) is 12.3. The predicted molar refractivity (Wildman–Crippen MR) is 93.8 cm³/mol.